The van der Waals surface area contributed by atoms with E-state index in [-0.39, 0.29) is 12.6 Å². The number of nitrogens with zero attached hydrogens (tertiary/aromatic N) is 3. The molecule has 0 amide bonds. The first-order valence-corrected chi connectivity index (χ1v) is 12.0. The SMILES string of the molecule is CN(C)CCCOc1ccc(-c2nnc(CSCc3cc4ccccc4o3)o2)cc1.O=C=O.O=CO. The minimum absolute atomic E-state index is 0.250. The highest BCUT2D eigenvalue weighted by atomic mass is 32.2. The van der Waals surface area contributed by atoms with Gasteiger partial charge in [0.05, 0.1) is 18.1 Å². The van der Waals surface area contributed by atoms with E-state index < -0.39 is 0 Å². The molecule has 0 unspecified atom stereocenters. The van der Waals surface area contributed by atoms with Gasteiger partial charge in [0, 0.05) is 17.5 Å². The maximum Gasteiger partial charge on any atom is 0.373 e. The van der Waals surface area contributed by atoms with Gasteiger partial charge in [0.2, 0.25) is 11.8 Å². The van der Waals surface area contributed by atoms with Gasteiger partial charge in [0.1, 0.15) is 17.1 Å². The van der Waals surface area contributed by atoms with Crippen molar-refractivity contribution >= 4 is 35.4 Å². The van der Waals surface area contributed by atoms with Crippen LogP contribution in [0, 0.1) is 0 Å². The largest absolute Gasteiger partial charge is 0.494 e. The lowest BCUT2D eigenvalue weighted by atomic mass is 10.2. The number of aromatic nitrogens is 2. The lowest BCUT2D eigenvalue weighted by molar-refractivity contribution is -0.191. The van der Waals surface area contributed by atoms with Crippen LogP contribution in [0.2, 0.25) is 0 Å². The van der Waals surface area contributed by atoms with Crippen LogP contribution in [0.5, 0.6) is 5.75 Å². The summed E-state index contributed by atoms with van der Waals surface area (Å²) in [4.78, 5) is 26.8. The van der Waals surface area contributed by atoms with E-state index in [2.05, 4.69) is 41.3 Å². The number of carbonyl (C=O) groups excluding carboxylic acids is 2. The lowest BCUT2D eigenvalue weighted by Gasteiger charge is -2.10. The molecule has 10 nitrogen and oxygen atoms in total. The van der Waals surface area contributed by atoms with Crippen LogP contribution in [0.4, 0.5) is 0 Å². The van der Waals surface area contributed by atoms with Crippen LogP contribution in [0.15, 0.2) is 63.4 Å². The predicted octanol–water partition coefficient (Wildman–Crippen LogP) is 4.36. The zero-order chi connectivity index (χ0) is 26.2. The van der Waals surface area contributed by atoms with Crippen molar-refractivity contribution in [2.24, 2.45) is 0 Å². The maximum absolute atomic E-state index is 8.36. The van der Waals surface area contributed by atoms with Crippen LogP contribution < -0.4 is 4.74 Å². The van der Waals surface area contributed by atoms with E-state index >= 15 is 0 Å². The molecule has 0 spiro atoms. The van der Waals surface area contributed by atoms with Gasteiger partial charge in [-0.1, -0.05) is 18.2 Å². The minimum atomic E-state index is -0.250. The molecule has 0 aliphatic rings. The highest BCUT2D eigenvalue weighted by Gasteiger charge is 2.10. The maximum atomic E-state index is 8.36. The van der Waals surface area contributed by atoms with Crippen LogP contribution in [0.3, 0.4) is 0 Å². The molecule has 2 aromatic heterocycles. The summed E-state index contributed by atoms with van der Waals surface area (Å²) < 4.78 is 17.4. The first-order chi connectivity index (χ1) is 17.5. The standard InChI is InChI=1S/C23H25N3O3S.CH2O2.CO2/c1-26(2)12-5-13-27-19-10-8-17(9-11-19)23-25-24-22(29-23)16-30-15-20-14-18-6-3-4-7-21(18)28-20;2*2-1-3/h3-4,6-11,14H,5,12-13,15-16H2,1-2H3;1H,(H,2,3);. The van der Waals surface area contributed by atoms with Crippen LogP contribution in [0.1, 0.15) is 18.1 Å². The second kappa shape index (κ2) is 15.9. The Balaban J connectivity index is 0.000000693. The van der Waals surface area contributed by atoms with E-state index in [4.69, 9.17) is 33.1 Å². The van der Waals surface area contributed by atoms with E-state index in [1.807, 2.05) is 42.5 Å². The second-order valence-electron chi connectivity index (χ2n) is 7.46. The molecule has 0 saturated carbocycles. The monoisotopic (exact) mass is 513 g/mol. The lowest BCUT2D eigenvalue weighted by Crippen LogP contribution is -2.15. The third-order valence-electron chi connectivity index (χ3n) is 4.53. The van der Waals surface area contributed by atoms with Gasteiger partial charge in [-0.2, -0.15) is 9.59 Å². The third-order valence-corrected chi connectivity index (χ3v) is 5.47. The highest BCUT2D eigenvalue weighted by Crippen LogP contribution is 2.26. The summed E-state index contributed by atoms with van der Waals surface area (Å²) in [5.74, 6) is 4.31. The molecule has 4 rings (SSSR count). The van der Waals surface area contributed by atoms with E-state index in [1.165, 1.54) is 0 Å². The van der Waals surface area contributed by atoms with Crippen molar-refractivity contribution in [3.63, 3.8) is 0 Å². The Morgan fingerprint density at radius 3 is 2.42 bits per heavy atom. The Labute approximate surface area is 212 Å². The molecule has 2 heterocycles. The summed E-state index contributed by atoms with van der Waals surface area (Å²) in [5, 5.41) is 16.3. The number of carbonyl (C=O) groups is 1. The zero-order valence-corrected chi connectivity index (χ0v) is 20.8. The van der Waals surface area contributed by atoms with Crippen LogP contribution in [0.25, 0.3) is 22.4 Å². The number of hydrogen-bond donors (Lipinski definition) is 1. The summed E-state index contributed by atoms with van der Waals surface area (Å²) in [5.41, 5.74) is 1.80. The van der Waals surface area contributed by atoms with Crippen molar-refractivity contribution < 1.29 is 33.1 Å². The molecule has 11 heteroatoms. The molecular weight excluding hydrogens is 486 g/mol. The molecule has 190 valence electrons. The minimum Gasteiger partial charge on any atom is -0.494 e. The molecule has 1 N–H and O–H groups in total. The normalized spacial score (nSPS) is 10.1. The average molecular weight is 514 g/mol. The van der Waals surface area contributed by atoms with Crippen LogP contribution in [-0.4, -0.2) is 60.1 Å². The van der Waals surface area contributed by atoms with Crippen molar-refractivity contribution in [2.45, 2.75) is 17.9 Å². The van der Waals surface area contributed by atoms with Gasteiger partial charge < -0.3 is 23.6 Å². The fourth-order valence-electron chi connectivity index (χ4n) is 3.04. The number of para-hydroxylation sites is 1. The Bertz CT molecular complexity index is 1180. The Morgan fingerprint density at radius 1 is 1.06 bits per heavy atom. The van der Waals surface area contributed by atoms with Crippen molar-refractivity contribution in [3.05, 3.63) is 66.2 Å². The molecule has 0 aliphatic carbocycles. The topological polar surface area (TPSA) is 136 Å². The van der Waals surface area contributed by atoms with Crippen LogP contribution >= 0.6 is 11.8 Å². The third kappa shape index (κ3) is 9.75. The van der Waals surface area contributed by atoms with E-state index in [0.29, 0.717) is 24.1 Å². The Morgan fingerprint density at radius 2 is 1.75 bits per heavy atom. The summed E-state index contributed by atoms with van der Waals surface area (Å²) in [6.07, 6.45) is 1.24. The number of rotatable bonds is 10. The van der Waals surface area contributed by atoms with Gasteiger partial charge in [-0.25, -0.2) is 0 Å². The van der Waals surface area contributed by atoms with E-state index in [0.717, 1.165) is 46.8 Å². The van der Waals surface area contributed by atoms with Gasteiger partial charge in [-0.15, -0.1) is 22.0 Å². The van der Waals surface area contributed by atoms with Gasteiger partial charge in [-0.05, 0) is 56.9 Å². The fourth-order valence-corrected chi connectivity index (χ4v) is 3.78. The molecule has 0 atom stereocenters. The Kier molecular flexibility index (Phi) is 12.5. The van der Waals surface area contributed by atoms with E-state index in [1.54, 1.807) is 11.8 Å². The number of carboxylic acid groups (broad SMARTS) is 1. The van der Waals surface area contributed by atoms with Gasteiger partial charge >= 0.3 is 6.15 Å². The quantitative estimate of drug-likeness (QED) is 0.239. The number of fused-ring (bicyclic) bond motifs is 1. The van der Waals surface area contributed by atoms with Crippen molar-refractivity contribution in [1.29, 1.82) is 0 Å². The summed E-state index contributed by atoms with van der Waals surface area (Å²) in [6.45, 7) is 1.46. The molecule has 0 bridgehead atoms. The molecule has 36 heavy (non-hydrogen) atoms. The summed E-state index contributed by atoms with van der Waals surface area (Å²) >= 11 is 1.69. The predicted molar refractivity (Wildman–Crippen MR) is 133 cm³/mol. The molecular formula is C25H27N3O7S. The first kappa shape index (κ1) is 28.3. The smallest absolute Gasteiger partial charge is 0.373 e. The first-order valence-electron chi connectivity index (χ1n) is 10.8. The summed E-state index contributed by atoms with van der Waals surface area (Å²) in [6, 6.07) is 17.9. The Hall–Kier alpha value is -3.92. The van der Waals surface area contributed by atoms with Crippen LogP contribution in [-0.2, 0) is 25.9 Å². The molecule has 0 fully saturated rings. The number of benzene rings is 2. The van der Waals surface area contributed by atoms with Crippen molar-refractivity contribution in [3.8, 4) is 17.2 Å². The summed E-state index contributed by atoms with van der Waals surface area (Å²) in [7, 11) is 4.12. The van der Waals surface area contributed by atoms with E-state index in [9.17, 15) is 0 Å². The second-order valence-corrected chi connectivity index (χ2v) is 8.45. The van der Waals surface area contributed by atoms with Gasteiger partial charge in [0.25, 0.3) is 6.47 Å². The molecule has 0 saturated heterocycles. The zero-order valence-electron chi connectivity index (χ0n) is 20.0. The highest BCUT2D eigenvalue weighted by molar-refractivity contribution is 7.97. The number of thioether (sulfide) groups is 1. The van der Waals surface area contributed by atoms with Crippen molar-refractivity contribution in [2.75, 3.05) is 27.2 Å². The molecule has 4 aromatic rings. The van der Waals surface area contributed by atoms with Gasteiger partial charge in [0.15, 0.2) is 0 Å². The average Bonchev–Trinajstić information content (AvgIpc) is 3.50. The molecule has 0 radical (unpaired) electrons. The fraction of sp³-hybridized carbons (Fsp3) is 0.280. The number of hydrogen-bond acceptors (Lipinski definition) is 10. The van der Waals surface area contributed by atoms with Gasteiger partial charge in [-0.3, -0.25) is 4.79 Å². The molecule has 2 aromatic carbocycles. The number of ether oxygens (including phenoxy) is 1. The molecule has 0 aliphatic heterocycles. The van der Waals surface area contributed by atoms with Crippen molar-refractivity contribution in [1.82, 2.24) is 15.1 Å². The number of furan rings is 1.